The molecule has 17 heavy (non-hydrogen) atoms. The molecule has 1 heterocycles. The van der Waals surface area contributed by atoms with Crippen molar-refractivity contribution in [3.8, 4) is 5.75 Å². The Kier molecular flexibility index (Phi) is 2.79. The third kappa shape index (κ3) is 1.86. The van der Waals surface area contributed by atoms with Gasteiger partial charge in [0.05, 0.1) is 7.11 Å². The van der Waals surface area contributed by atoms with Crippen molar-refractivity contribution in [1.82, 2.24) is 4.90 Å². The summed E-state index contributed by atoms with van der Waals surface area (Å²) in [5, 5.41) is 0.912. The fourth-order valence-electron chi connectivity index (χ4n) is 1.73. The van der Waals surface area contributed by atoms with Crippen molar-refractivity contribution >= 4 is 16.9 Å². The molecule has 0 unspecified atom stereocenters. The van der Waals surface area contributed by atoms with Gasteiger partial charge in [0.1, 0.15) is 11.3 Å². The zero-order valence-electron chi connectivity index (χ0n) is 10.4. The summed E-state index contributed by atoms with van der Waals surface area (Å²) in [7, 11) is 5.02. The lowest BCUT2D eigenvalue weighted by Gasteiger charge is -2.07. The Labute approximate surface area is 99.8 Å². The number of aryl methyl sites for hydroxylation is 1. The van der Waals surface area contributed by atoms with Crippen LogP contribution in [-0.4, -0.2) is 32.0 Å². The van der Waals surface area contributed by atoms with Gasteiger partial charge in [-0.2, -0.15) is 0 Å². The molecule has 0 atom stereocenters. The molecule has 4 nitrogen and oxygen atoms in total. The van der Waals surface area contributed by atoms with Crippen molar-refractivity contribution < 1.29 is 13.9 Å². The maximum atomic E-state index is 11.9. The zero-order valence-corrected chi connectivity index (χ0v) is 10.4. The number of benzene rings is 1. The number of hydrogen-bond donors (Lipinski definition) is 0. The average molecular weight is 233 g/mol. The predicted molar refractivity (Wildman–Crippen MR) is 65.5 cm³/mol. The second kappa shape index (κ2) is 4.13. The Bertz CT molecular complexity index is 569. The number of amides is 1. The van der Waals surface area contributed by atoms with Crippen LogP contribution in [0.5, 0.6) is 5.75 Å². The van der Waals surface area contributed by atoms with Gasteiger partial charge in [0.25, 0.3) is 5.91 Å². The first kappa shape index (κ1) is 11.5. The highest BCUT2D eigenvalue weighted by atomic mass is 16.5. The van der Waals surface area contributed by atoms with Gasteiger partial charge in [-0.05, 0) is 25.1 Å². The van der Waals surface area contributed by atoms with Crippen LogP contribution in [0.15, 0.2) is 22.6 Å². The first-order chi connectivity index (χ1) is 8.04. The minimum Gasteiger partial charge on any atom is -0.497 e. The molecule has 90 valence electrons. The van der Waals surface area contributed by atoms with Gasteiger partial charge in [-0.15, -0.1) is 0 Å². The Balaban J connectivity index is 2.61. The summed E-state index contributed by atoms with van der Waals surface area (Å²) < 4.78 is 10.7. The van der Waals surface area contributed by atoms with E-state index in [2.05, 4.69) is 0 Å². The summed E-state index contributed by atoms with van der Waals surface area (Å²) in [5.74, 6) is 1.01. The van der Waals surface area contributed by atoms with Gasteiger partial charge in [-0.25, -0.2) is 0 Å². The second-order valence-corrected chi connectivity index (χ2v) is 4.12. The molecule has 0 aliphatic carbocycles. The third-order valence-corrected chi connectivity index (χ3v) is 2.74. The number of hydrogen-bond acceptors (Lipinski definition) is 3. The van der Waals surface area contributed by atoms with Gasteiger partial charge in [0.15, 0.2) is 5.76 Å². The number of fused-ring (bicyclic) bond motifs is 1. The molecule has 1 aromatic carbocycles. The van der Waals surface area contributed by atoms with Crippen LogP contribution in [0.3, 0.4) is 0 Å². The quantitative estimate of drug-likeness (QED) is 0.800. The summed E-state index contributed by atoms with van der Waals surface area (Å²) in [5.41, 5.74) is 1.55. The van der Waals surface area contributed by atoms with Gasteiger partial charge < -0.3 is 14.1 Å². The first-order valence-electron chi connectivity index (χ1n) is 5.33. The minimum absolute atomic E-state index is 0.127. The Morgan fingerprint density at radius 3 is 2.65 bits per heavy atom. The number of methoxy groups -OCH3 is 1. The molecule has 0 saturated heterocycles. The Morgan fingerprint density at radius 2 is 2.06 bits per heavy atom. The highest BCUT2D eigenvalue weighted by Gasteiger charge is 2.19. The van der Waals surface area contributed by atoms with Gasteiger partial charge in [0.2, 0.25) is 0 Å². The number of rotatable bonds is 2. The summed E-state index contributed by atoms with van der Waals surface area (Å²) in [4.78, 5) is 13.4. The Morgan fingerprint density at radius 1 is 1.35 bits per heavy atom. The zero-order chi connectivity index (χ0) is 12.6. The number of carbonyl (C=O) groups is 1. The third-order valence-electron chi connectivity index (χ3n) is 2.74. The van der Waals surface area contributed by atoms with Crippen LogP contribution in [0.2, 0.25) is 0 Å². The maximum absolute atomic E-state index is 11.9. The fourth-order valence-corrected chi connectivity index (χ4v) is 1.73. The van der Waals surface area contributed by atoms with E-state index in [0.717, 1.165) is 16.7 Å². The van der Waals surface area contributed by atoms with Gasteiger partial charge in [-0.3, -0.25) is 4.79 Å². The van der Waals surface area contributed by atoms with E-state index >= 15 is 0 Å². The molecular weight excluding hydrogens is 218 g/mol. The van der Waals surface area contributed by atoms with Crippen LogP contribution in [0, 0.1) is 6.92 Å². The van der Waals surface area contributed by atoms with Crippen LogP contribution in [0.4, 0.5) is 0 Å². The molecule has 0 radical (unpaired) electrons. The summed E-state index contributed by atoms with van der Waals surface area (Å²) in [6, 6.07) is 5.50. The van der Waals surface area contributed by atoms with Gasteiger partial charge in [-0.1, -0.05) is 0 Å². The lowest BCUT2D eigenvalue weighted by molar-refractivity contribution is 0.0798. The van der Waals surface area contributed by atoms with Crippen LogP contribution in [-0.2, 0) is 0 Å². The molecule has 2 rings (SSSR count). The van der Waals surface area contributed by atoms with Crippen molar-refractivity contribution in [2.75, 3.05) is 21.2 Å². The lowest BCUT2D eigenvalue weighted by atomic mass is 10.1. The number of nitrogens with zero attached hydrogens (tertiary/aromatic N) is 1. The molecular formula is C13H15NO3. The lowest BCUT2D eigenvalue weighted by Crippen LogP contribution is -2.21. The Hall–Kier alpha value is -1.97. The fraction of sp³-hybridized carbons (Fsp3) is 0.308. The topological polar surface area (TPSA) is 42.7 Å². The van der Waals surface area contributed by atoms with Crippen LogP contribution >= 0.6 is 0 Å². The summed E-state index contributed by atoms with van der Waals surface area (Å²) in [6.07, 6.45) is 0. The maximum Gasteiger partial charge on any atom is 0.289 e. The number of furan rings is 1. The molecule has 0 aliphatic rings. The summed E-state index contributed by atoms with van der Waals surface area (Å²) in [6.45, 7) is 1.88. The van der Waals surface area contributed by atoms with E-state index in [1.165, 1.54) is 4.90 Å². The van der Waals surface area contributed by atoms with Crippen LogP contribution in [0.25, 0.3) is 11.0 Å². The molecule has 0 N–H and O–H groups in total. The van der Waals surface area contributed by atoms with Crippen molar-refractivity contribution in [2.45, 2.75) is 6.92 Å². The van der Waals surface area contributed by atoms with Crippen molar-refractivity contribution in [2.24, 2.45) is 0 Å². The first-order valence-corrected chi connectivity index (χ1v) is 5.33. The molecule has 0 saturated carbocycles. The minimum atomic E-state index is -0.127. The van der Waals surface area contributed by atoms with Crippen LogP contribution < -0.4 is 4.74 Å². The van der Waals surface area contributed by atoms with E-state index in [4.69, 9.17) is 9.15 Å². The van der Waals surface area contributed by atoms with Gasteiger partial charge >= 0.3 is 0 Å². The molecule has 0 aliphatic heterocycles. The largest absolute Gasteiger partial charge is 0.497 e. The molecule has 1 aromatic heterocycles. The predicted octanol–water partition coefficient (Wildman–Crippen LogP) is 2.45. The monoisotopic (exact) mass is 233 g/mol. The highest BCUT2D eigenvalue weighted by molar-refractivity contribution is 5.98. The van der Waals surface area contributed by atoms with E-state index in [0.29, 0.717) is 11.3 Å². The highest BCUT2D eigenvalue weighted by Crippen LogP contribution is 2.29. The summed E-state index contributed by atoms with van der Waals surface area (Å²) >= 11 is 0. The van der Waals surface area contributed by atoms with E-state index in [1.54, 1.807) is 21.2 Å². The number of ether oxygens (including phenoxy) is 1. The van der Waals surface area contributed by atoms with E-state index in [-0.39, 0.29) is 5.91 Å². The van der Waals surface area contributed by atoms with Crippen LogP contribution in [0.1, 0.15) is 16.1 Å². The van der Waals surface area contributed by atoms with E-state index in [9.17, 15) is 4.79 Å². The molecule has 0 spiro atoms. The van der Waals surface area contributed by atoms with Crippen molar-refractivity contribution in [3.63, 3.8) is 0 Å². The van der Waals surface area contributed by atoms with Crippen molar-refractivity contribution in [1.29, 1.82) is 0 Å². The molecule has 1 amide bonds. The number of carbonyl (C=O) groups excluding carboxylic acids is 1. The smallest absolute Gasteiger partial charge is 0.289 e. The standard InChI is InChI=1S/C13H15NO3/c1-8-10-7-9(16-4)5-6-11(10)17-12(8)13(15)14(2)3/h5-7H,1-4H3. The molecule has 4 heteroatoms. The van der Waals surface area contributed by atoms with E-state index < -0.39 is 0 Å². The average Bonchev–Trinajstić information content (AvgIpc) is 2.65. The van der Waals surface area contributed by atoms with Gasteiger partial charge in [0, 0.05) is 25.0 Å². The second-order valence-electron chi connectivity index (χ2n) is 4.12. The molecule has 0 bridgehead atoms. The molecule has 2 aromatic rings. The normalized spacial score (nSPS) is 10.6. The van der Waals surface area contributed by atoms with E-state index in [1.807, 2.05) is 25.1 Å². The molecule has 0 fully saturated rings. The van der Waals surface area contributed by atoms with Crippen molar-refractivity contribution in [3.05, 3.63) is 29.5 Å². The SMILES string of the molecule is COc1ccc2oc(C(=O)N(C)C)c(C)c2c1.